The Morgan fingerprint density at radius 1 is 1.25 bits per heavy atom. The average Bonchev–Trinajstić information content (AvgIpc) is 2.39. The number of anilines is 2. The minimum atomic E-state index is 0.634. The van der Waals surface area contributed by atoms with Gasteiger partial charge in [-0.2, -0.15) is 0 Å². The molecular formula is C15H23N3O2. The highest BCUT2D eigenvalue weighted by atomic mass is 16.5. The zero-order valence-corrected chi connectivity index (χ0v) is 12.0. The number of nitrogens with two attached hydrogens (primary N) is 1. The summed E-state index contributed by atoms with van der Waals surface area (Å²) in [4.78, 5) is 4.91. The monoisotopic (exact) mass is 277 g/mol. The van der Waals surface area contributed by atoms with E-state index in [4.69, 9.17) is 15.2 Å². The van der Waals surface area contributed by atoms with Crippen molar-refractivity contribution in [2.24, 2.45) is 0 Å². The number of nitrogen functional groups attached to an aromatic ring is 1. The lowest BCUT2D eigenvalue weighted by atomic mass is 10.1. The van der Waals surface area contributed by atoms with Crippen molar-refractivity contribution in [3.05, 3.63) is 18.2 Å². The quantitative estimate of drug-likeness (QED) is 0.838. The molecule has 0 aliphatic carbocycles. The topological polar surface area (TPSA) is 51.0 Å². The van der Waals surface area contributed by atoms with Crippen LogP contribution in [0.5, 0.6) is 5.75 Å². The van der Waals surface area contributed by atoms with Gasteiger partial charge in [-0.3, -0.25) is 4.90 Å². The molecule has 0 aromatic heterocycles. The number of rotatable bonds is 4. The van der Waals surface area contributed by atoms with Crippen LogP contribution in [0.3, 0.4) is 0 Å². The minimum Gasteiger partial charge on any atom is -0.492 e. The summed E-state index contributed by atoms with van der Waals surface area (Å²) in [5.74, 6) is 0.896. The third kappa shape index (κ3) is 2.69. The molecule has 20 heavy (non-hydrogen) atoms. The summed E-state index contributed by atoms with van der Waals surface area (Å²) in [5, 5.41) is 0. The van der Waals surface area contributed by atoms with Gasteiger partial charge in [0.15, 0.2) is 0 Å². The van der Waals surface area contributed by atoms with Crippen LogP contribution in [-0.4, -0.2) is 56.9 Å². The van der Waals surface area contributed by atoms with Gasteiger partial charge >= 0.3 is 0 Å². The highest BCUT2D eigenvalue weighted by molar-refractivity contribution is 5.64. The van der Waals surface area contributed by atoms with Crippen molar-refractivity contribution in [2.45, 2.75) is 13.0 Å². The normalized spacial score (nSPS) is 20.8. The number of hydrogen-bond acceptors (Lipinski definition) is 5. The van der Waals surface area contributed by atoms with Crippen LogP contribution >= 0.6 is 0 Å². The molecule has 2 aliphatic rings. The highest BCUT2D eigenvalue weighted by Gasteiger charge is 2.29. The van der Waals surface area contributed by atoms with Crippen molar-refractivity contribution in [1.29, 1.82) is 0 Å². The van der Waals surface area contributed by atoms with Gasteiger partial charge in [0.05, 0.1) is 31.5 Å². The molecule has 2 aliphatic heterocycles. The molecule has 1 aromatic rings. The van der Waals surface area contributed by atoms with E-state index in [0.717, 1.165) is 56.5 Å². The van der Waals surface area contributed by atoms with Crippen molar-refractivity contribution >= 4 is 11.4 Å². The average molecular weight is 277 g/mol. The second-order valence-corrected chi connectivity index (χ2v) is 5.37. The molecule has 2 heterocycles. The maximum atomic E-state index is 5.85. The van der Waals surface area contributed by atoms with Gasteiger partial charge in [0.1, 0.15) is 5.75 Å². The van der Waals surface area contributed by atoms with E-state index in [1.807, 2.05) is 19.1 Å². The van der Waals surface area contributed by atoms with Gasteiger partial charge in [-0.25, -0.2) is 0 Å². The van der Waals surface area contributed by atoms with Crippen LogP contribution in [0.2, 0.25) is 0 Å². The molecule has 0 atom stereocenters. The predicted octanol–water partition coefficient (Wildman–Crippen LogP) is 1.19. The van der Waals surface area contributed by atoms with Gasteiger partial charge in [-0.1, -0.05) is 0 Å². The van der Waals surface area contributed by atoms with Gasteiger partial charge in [0, 0.05) is 37.9 Å². The summed E-state index contributed by atoms with van der Waals surface area (Å²) in [5.41, 5.74) is 7.76. The molecule has 110 valence electrons. The minimum absolute atomic E-state index is 0.634. The molecule has 5 heteroatoms. The molecule has 2 fully saturated rings. The molecule has 2 saturated heterocycles. The van der Waals surface area contributed by atoms with E-state index in [1.54, 1.807) is 0 Å². The Kier molecular flexibility index (Phi) is 3.98. The first-order valence-corrected chi connectivity index (χ1v) is 7.37. The summed E-state index contributed by atoms with van der Waals surface area (Å²) in [6.07, 6.45) is 0. The molecule has 2 N–H and O–H groups in total. The fraction of sp³-hybridized carbons (Fsp3) is 0.600. The van der Waals surface area contributed by atoms with E-state index in [9.17, 15) is 0 Å². The molecule has 0 saturated carbocycles. The van der Waals surface area contributed by atoms with Crippen LogP contribution in [0.1, 0.15) is 6.92 Å². The maximum absolute atomic E-state index is 5.85. The van der Waals surface area contributed by atoms with Crippen molar-refractivity contribution in [3.63, 3.8) is 0 Å². The first-order valence-electron chi connectivity index (χ1n) is 7.37. The number of piperazine rings is 1. The summed E-state index contributed by atoms with van der Waals surface area (Å²) in [7, 11) is 0. The molecule has 3 rings (SSSR count). The van der Waals surface area contributed by atoms with Crippen LogP contribution in [0.15, 0.2) is 18.2 Å². The van der Waals surface area contributed by atoms with Crippen LogP contribution in [-0.2, 0) is 4.74 Å². The number of hydrogen-bond donors (Lipinski definition) is 1. The summed E-state index contributed by atoms with van der Waals surface area (Å²) < 4.78 is 11.0. The predicted molar refractivity (Wildman–Crippen MR) is 80.4 cm³/mol. The van der Waals surface area contributed by atoms with Crippen LogP contribution in [0.4, 0.5) is 11.4 Å². The summed E-state index contributed by atoms with van der Waals surface area (Å²) >= 11 is 0. The zero-order valence-electron chi connectivity index (χ0n) is 12.0. The van der Waals surface area contributed by atoms with Gasteiger partial charge in [-0.15, -0.1) is 0 Å². The maximum Gasteiger partial charge on any atom is 0.144 e. The van der Waals surface area contributed by atoms with E-state index in [-0.39, 0.29) is 0 Å². The Hall–Kier alpha value is -1.46. The third-order valence-corrected chi connectivity index (χ3v) is 4.08. The largest absolute Gasteiger partial charge is 0.492 e. The van der Waals surface area contributed by atoms with Crippen molar-refractivity contribution < 1.29 is 9.47 Å². The molecule has 1 aromatic carbocycles. The Morgan fingerprint density at radius 3 is 2.60 bits per heavy atom. The number of ether oxygens (including phenoxy) is 2. The first kappa shape index (κ1) is 13.5. The lowest BCUT2D eigenvalue weighted by Gasteiger charge is -2.43. The van der Waals surface area contributed by atoms with E-state index in [2.05, 4.69) is 15.9 Å². The van der Waals surface area contributed by atoms with Crippen LogP contribution in [0.25, 0.3) is 0 Å². The Bertz CT molecular complexity index is 454. The van der Waals surface area contributed by atoms with Crippen molar-refractivity contribution in [1.82, 2.24) is 4.90 Å². The van der Waals surface area contributed by atoms with Crippen LogP contribution in [0, 0.1) is 0 Å². The van der Waals surface area contributed by atoms with E-state index < -0.39 is 0 Å². The Morgan fingerprint density at radius 2 is 2.00 bits per heavy atom. The molecule has 5 nitrogen and oxygen atoms in total. The SMILES string of the molecule is CCOc1cc(N)ccc1N1CCN(C2COC2)CC1. The molecule has 0 bridgehead atoms. The second kappa shape index (κ2) is 5.89. The molecule has 0 amide bonds. The van der Waals surface area contributed by atoms with Gasteiger partial charge in [0.25, 0.3) is 0 Å². The first-order chi connectivity index (χ1) is 9.78. The molecule has 0 spiro atoms. The van der Waals surface area contributed by atoms with Crippen molar-refractivity contribution in [3.8, 4) is 5.75 Å². The Labute approximate surface area is 120 Å². The molecule has 0 unspecified atom stereocenters. The summed E-state index contributed by atoms with van der Waals surface area (Å²) in [6, 6.07) is 6.58. The zero-order chi connectivity index (χ0) is 13.9. The van der Waals surface area contributed by atoms with Gasteiger partial charge in [-0.05, 0) is 19.1 Å². The van der Waals surface area contributed by atoms with Crippen molar-refractivity contribution in [2.75, 3.05) is 56.6 Å². The molecular weight excluding hydrogens is 254 g/mol. The number of benzene rings is 1. The standard InChI is InChI=1S/C15H23N3O2/c1-2-20-15-9-12(16)3-4-14(15)18-7-5-17(6-8-18)13-10-19-11-13/h3-4,9,13H,2,5-8,10-11,16H2,1H3. The Balaban J connectivity index is 1.67. The second-order valence-electron chi connectivity index (χ2n) is 5.37. The highest BCUT2D eigenvalue weighted by Crippen LogP contribution is 2.31. The lowest BCUT2D eigenvalue weighted by Crippen LogP contribution is -2.56. The molecule has 0 radical (unpaired) electrons. The smallest absolute Gasteiger partial charge is 0.144 e. The number of nitrogens with zero attached hydrogens (tertiary/aromatic N) is 2. The fourth-order valence-corrected chi connectivity index (χ4v) is 2.83. The summed E-state index contributed by atoms with van der Waals surface area (Å²) in [6.45, 7) is 8.68. The fourth-order valence-electron chi connectivity index (χ4n) is 2.83. The third-order valence-electron chi connectivity index (χ3n) is 4.08. The van der Waals surface area contributed by atoms with Crippen LogP contribution < -0.4 is 15.4 Å². The van der Waals surface area contributed by atoms with E-state index >= 15 is 0 Å². The lowest BCUT2D eigenvalue weighted by molar-refractivity contribution is -0.0660. The van der Waals surface area contributed by atoms with E-state index in [0.29, 0.717) is 12.6 Å². The van der Waals surface area contributed by atoms with Gasteiger partial charge < -0.3 is 20.1 Å². The van der Waals surface area contributed by atoms with Gasteiger partial charge in [0.2, 0.25) is 0 Å². The van der Waals surface area contributed by atoms with E-state index in [1.165, 1.54) is 0 Å².